The van der Waals surface area contributed by atoms with Gasteiger partial charge < -0.3 is 0 Å². The maximum atomic E-state index is 12.8. The van der Waals surface area contributed by atoms with Crippen molar-refractivity contribution in [3.05, 3.63) is 30.7 Å². The summed E-state index contributed by atoms with van der Waals surface area (Å²) in [5.74, 6) is 0. The van der Waals surface area contributed by atoms with Gasteiger partial charge in [-0.05, 0) is 6.08 Å². The summed E-state index contributed by atoms with van der Waals surface area (Å²) in [4.78, 5) is 0. The van der Waals surface area contributed by atoms with Crippen molar-refractivity contribution in [2.45, 2.75) is 12.1 Å². The predicted octanol–water partition coefficient (Wildman–Crippen LogP) is 2.29. The van der Waals surface area contributed by atoms with Gasteiger partial charge in [0.1, 0.15) is 0 Å². The lowest BCUT2D eigenvalue weighted by Gasteiger charge is -2.19. The van der Waals surface area contributed by atoms with Crippen LogP contribution in [-0.4, -0.2) is 12.1 Å². The van der Waals surface area contributed by atoms with Gasteiger partial charge in [-0.25, -0.2) is 13.2 Å². The highest BCUT2D eigenvalue weighted by molar-refractivity contribution is 5.27. The molecular weight excluding hydrogens is 141 g/mol. The van der Waals surface area contributed by atoms with Gasteiger partial charge in [0.15, 0.2) is 5.67 Å². The molecule has 10 heavy (non-hydrogen) atoms. The van der Waals surface area contributed by atoms with E-state index in [-0.39, 0.29) is 0 Å². The number of allylic oxidation sites excluding steroid dienone is 4. The summed E-state index contributed by atoms with van der Waals surface area (Å²) in [7, 11) is 0. The number of rotatable bonds is 1. The topological polar surface area (TPSA) is 0 Å². The Hall–Kier alpha value is -0.730. The summed E-state index contributed by atoms with van der Waals surface area (Å²) in [6.45, 7) is 0. The lowest BCUT2D eigenvalue weighted by molar-refractivity contribution is 0.0212. The second-order valence-corrected chi connectivity index (χ2v) is 2.04. The molecule has 0 spiro atoms. The Bertz CT molecular complexity index is 172. The maximum absolute atomic E-state index is 12.8. The molecule has 0 bridgehead atoms. The zero-order valence-corrected chi connectivity index (χ0v) is 5.10. The molecule has 0 N–H and O–H groups in total. The quantitative estimate of drug-likeness (QED) is 0.533. The average Bonchev–Trinajstić information content (AvgIpc) is 1.89. The zero-order chi connectivity index (χ0) is 7.61. The molecule has 0 aromatic carbocycles. The summed E-state index contributed by atoms with van der Waals surface area (Å²) < 4.78 is 36.4. The molecule has 0 amide bonds. The molecule has 1 aliphatic rings. The highest BCUT2D eigenvalue weighted by Crippen LogP contribution is 2.28. The van der Waals surface area contributed by atoms with Crippen molar-refractivity contribution in [3.63, 3.8) is 0 Å². The van der Waals surface area contributed by atoms with Crippen LogP contribution in [-0.2, 0) is 0 Å². The highest BCUT2D eigenvalue weighted by Gasteiger charge is 2.37. The van der Waals surface area contributed by atoms with Crippen LogP contribution < -0.4 is 0 Å². The lowest BCUT2D eigenvalue weighted by atomic mass is 9.98. The van der Waals surface area contributed by atoms with Crippen LogP contribution in [0.15, 0.2) is 24.3 Å². The molecule has 0 aromatic rings. The average molecular weight is 147 g/mol. The third-order valence-electron chi connectivity index (χ3n) is 1.26. The van der Waals surface area contributed by atoms with Crippen molar-refractivity contribution >= 4 is 0 Å². The van der Waals surface area contributed by atoms with Crippen LogP contribution in [0.3, 0.4) is 0 Å². The molecule has 0 aliphatic heterocycles. The molecule has 1 rings (SSSR count). The highest BCUT2D eigenvalue weighted by atomic mass is 19.3. The number of hydrogen-bond acceptors (Lipinski definition) is 0. The van der Waals surface area contributed by atoms with Gasteiger partial charge in [-0.1, -0.05) is 18.2 Å². The molecule has 0 fully saturated rings. The SMILES string of the molecule is FC(F)C1(F)[CH]C=CC=C1. The van der Waals surface area contributed by atoms with Gasteiger partial charge in [-0.3, -0.25) is 0 Å². The van der Waals surface area contributed by atoms with Crippen molar-refractivity contribution in [3.8, 4) is 0 Å². The lowest BCUT2D eigenvalue weighted by Crippen LogP contribution is -2.30. The fraction of sp³-hybridized carbons (Fsp3) is 0.286. The van der Waals surface area contributed by atoms with E-state index in [0.717, 1.165) is 12.5 Å². The monoisotopic (exact) mass is 147 g/mol. The second kappa shape index (κ2) is 2.48. The fourth-order valence-corrected chi connectivity index (χ4v) is 0.671. The van der Waals surface area contributed by atoms with Gasteiger partial charge >= 0.3 is 0 Å². The summed E-state index contributed by atoms with van der Waals surface area (Å²) in [6.07, 6.45) is 2.75. The van der Waals surface area contributed by atoms with Gasteiger partial charge in [0.25, 0.3) is 6.43 Å². The molecule has 1 aliphatic carbocycles. The van der Waals surface area contributed by atoms with E-state index in [9.17, 15) is 13.2 Å². The Morgan fingerprint density at radius 3 is 2.10 bits per heavy atom. The second-order valence-electron chi connectivity index (χ2n) is 2.04. The van der Waals surface area contributed by atoms with Gasteiger partial charge in [0.2, 0.25) is 0 Å². The van der Waals surface area contributed by atoms with Crippen LogP contribution in [0.25, 0.3) is 0 Å². The number of halogens is 3. The Kier molecular flexibility index (Phi) is 1.83. The van der Waals surface area contributed by atoms with Crippen molar-refractivity contribution in [2.24, 2.45) is 0 Å². The first-order valence-electron chi connectivity index (χ1n) is 2.82. The molecule has 0 nitrogen and oxygen atoms in total. The molecule has 1 atom stereocenters. The Labute approximate surface area is 57.0 Å². The number of alkyl halides is 3. The molecule has 3 heteroatoms. The van der Waals surface area contributed by atoms with Crippen LogP contribution in [0.2, 0.25) is 0 Å². The first-order valence-corrected chi connectivity index (χ1v) is 2.82. The van der Waals surface area contributed by atoms with Gasteiger partial charge in [0, 0.05) is 6.42 Å². The van der Waals surface area contributed by atoms with E-state index in [1.165, 1.54) is 18.2 Å². The first-order chi connectivity index (χ1) is 4.65. The van der Waals surface area contributed by atoms with Crippen LogP contribution >= 0.6 is 0 Å². The summed E-state index contributed by atoms with van der Waals surface area (Å²) in [5.41, 5.74) is -2.55. The third kappa shape index (κ3) is 1.23. The molecule has 0 saturated carbocycles. The Morgan fingerprint density at radius 1 is 1.10 bits per heavy atom. The van der Waals surface area contributed by atoms with E-state index in [1.807, 2.05) is 0 Å². The van der Waals surface area contributed by atoms with Crippen LogP contribution in [0.4, 0.5) is 13.2 Å². The predicted molar refractivity (Wildman–Crippen MR) is 32.4 cm³/mol. The minimum atomic E-state index is -2.98. The molecule has 0 saturated heterocycles. The molecule has 1 radical (unpaired) electrons. The normalized spacial score (nSPS) is 31.6. The molecule has 0 heterocycles. The molecular formula is C7H6F3. The van der Waals surface area contributed by atoms with Crippen molar-refractivity contribution < 1.29 is 13.2 Å². The molecule has 1 unspecified atom stereocenters. The first kappa shape index (κ1) is 7.38. The standard InChI is InChI=1S/C7H6F3/c8-6(9)7(10)4-2-1-3-5-7/h1-6H. The molecule has 55 valence electrons. The van der Waals surface area contributed by atoms with E-state index < -0.39 is 12.1 Å². The van der Waals surface area contributed by atoms with Crippen molar-refractivity contribution in [1.29, 1.82) is 0 Å². The van der Waals surface area contributed by atoms with E-state index in [4.69, 9.17) is 0 Å². The van der Waals surface area contributed by atoms with Crippen LogP contribution in [0.1, 0.15) is 0 Å². The van der Waals surface area contributed by atoms with Crippen molar-refractivity contribution in [2.75, 3.05) is 0 Å². The van der Waals surface area contributed by atoms with Crippen molar-refractivity contribution in [1.82, 2.24) is 0 Å². The van der Waals surface area contributed by atoms with Crippen LogP contribution in [0.5, 0.6) is 0 Å². The van der Waals surface area contributed by atoms with E-state index in [0.29, 0.717) is 0 Å². The van der Waals surface area contributed by atoms with Crippen LogP contribution in [0, 0.1) is 6.42 Å². The summed E-state index contributed by atoms with van der Waals surface area (Å²) in [5, 5.41) is 0. The number of hydrogen-bond donors (Lipinski definition) is 0. The van der Waals surface area contributed by atoms with Gasteiger partial charge in [-0.15, -0.1) is 0 Å². The Morgan fingerprint density at radius 2 is 1.80 bits per heavy atom. The third-order valence-corrected chi connectivity index (χ3v) is 1.26. The largest absolute Gasteiger partial charge is 0.276 e. The van der Waals surface area contributed by atoms with Gasteiger partial charge in [0.05, 0.1) is 0 Å². The maximum Gasteiger partial charge on any atom is 0.276 e. The molecule has 0 aromatic heterocycles. The fourth-order valence-electron chi connectivity index (χ4n) is 0.671. The summed E-state index contributed by atoms with van der Waals surface area (Å²) in [6, 6.07) is 0. The minimum Gasteiger partial charge on any atom is -0.232 e. The smallest absolute Gasteiger partial charge is 0.232 e. The van der Waals surface area contributed by atoms with E-state index in [2.05, 4.69) is 0 Å². The minimum absolute atomic E-state index is 0.845. The summed E-state index contributed by atoms with van der Waals surface area (Å²) >= 11 is 0. The Balaban J connectivity index is 2.70. The van der Waals surface area contributed by atoms with E-state index >= 15 is 0 Å². The zero-order valence-electron chi connectivity index (χ0n) is 5.10. The van der Waals surface area contributed by atoms with Gasteiger partial charge in [-0.2, -0.15) is 0 Å². The van der Waals surface area contributed by atoms with E-state index in [1.54, 1.807) is 0 Å².